The van der Waals surface area contributed by atoms with Crippen LogP contribution in [0.15, 0.2) is 0 Å². The molecule has 1 N–H and O–H groups in total. The van der Waals surface area contributed by atoms with E-state index in [1.165, 1.54) is 7.11 Å². The molecule has 1 rings (SSSR count). The fraction of sp³-hybridized carbons (Fsp3) is 0.778. The molecule has 2 atom stereocenters. The molecule has 0 spiro atoms. The monoisotopic (exact) mass is 201 g/mol. The largest absolute Gasteiger partial charge is 0.467 e. The standard InChI is InChI=1S/C9H15NO4/c1-9(2,3)10-7(11)5-6(14-5)8(12)13-4/h5-6H,1-4H3,(H,10,11). The van der Waals surface area contributed by atoms with E-state index in [1.54, 1.807) is 0 Å². The van der Waals surface area contributed by atoms with Crippen LogP contribution in [-0.2, 0) is 19.1 Å². The molecule has 2 unspecified atom stereocenters. The predicted octanol–water partition coefficient (Wildman–Crippen LogP) is -0.159. The van der Waals surface area contributed by atoms with Crippen LogP contribution in [-0.4, -0.2) is 36.7 Å². The van der Waals surface area contributed by atoms with Crippen molar-refractivity contribution in [3.05, 3.63) is 0 Å². The van der Waals surface area contributed by atoms with Gasteiger partial charge in [-0.15, -0.1) is 0 Å². The van der Waals surface area contributed by atoms with Crippen molar-refractivity contribution in [1.82, 2.24) is 5.32 Å². The van der Waals surface area contributed by atoms with E-state index in [0.29, 0.717) is 0 Å². The molecule has 1 heterocycles. The van der Waals surface area contributed by atoms with Gasteiger partial charge >= 0.3 is 5.97 Å². The zero-order valence-corrected chi connectivity index (χ0v) is 8.79. The molecule has 0 saturated carbocycles. The summed E-state index contributed by atoms with van der Waals surface area (Å²) < 4.78 is 9.33. The fourth-order valence-electron chi connectivity index (χ4n) is 1.05. The number of amides is 1. The van der Waals surface area contributed by atoms with Gasteiger partial charge in [0.25, 0.3) is 5.91 Å². The maximum atomic E-state index is 11.4. The maximum absolute atomic E-state index is 11.4. The molecule has 1 aliphatic heterocycles. The second-order valence-electron chi connectivity index (χ2n) is 4.24. The molecule has 1 saturated heterocycles. The minimum absolute atomic E-state index is 0.270. The van der Waals surface area contributed by atoms with Crippen molar-refractivity contribution >= 4 is 11.9 Å². The number of hydrogen-bond donors (Lipinski definition) is 1. The molecule has 80 valence electrons. The van der Waals surface area contributed by atoms with E-state index >= 15 is 0 Å². The molecule has 0 bridgehead atoms. The van der Waals surface area contributed by atoms with Gasteiger partial charge in [-0.1, -0.05) is 0 Å². The van der Waals surface area contributed by atoms with Crippen molar-refractivity contribution in [1.29, 1.82) is 0 Å². The Morgan fingerprint density at radius 1 is 1.29 bits per heavy atom. The molecule has 0 radical (unpaired) electrons. The first-order valence-corrected chi connectivity index (χ1v) is 4.40. The van der Waals surface area contributed by atoms with Crippen LogP contribution in [0.4, 0.5) is 0 Å². The van der Waals surface area contributed by atoms with Crippen LogP contribution in [0.25, 0.3) is 0 Å². The van der Waals surface area contributed by atoms with Crippen molar-refractivity contribution in [3.8, 4) is 0 Å². The Balaban J connectivity index is 2.40. The summed E-state index contributed by atoms with van der Waals surface area (Å²) in [5.74, 6) is -0.771. The van der Waals surface area contributed by atoms with Gasteiger partial charge in [0.1, 0.15) is 0 Å². The van der Waals surface area contributed by atoms with Crippen LogP contribution in [0.1, 0.15) is 20.8 Å². The van der Waals surface area contributed by atoms with Crippen molar-refractivity contribution in [2.45, 2.75) is 38.5 Å². The number of ether oxygens (including phenoxy) is 2. The van der Waals surface area contributed by atoms with Crippen LogP contribution in [0.5, 0.6) is 0 Å². The van der Waals surface area contributed by atoms with Gasteiger partial charge in [0.05, 0.1) is 7.11 Å². The van der Waals surface area contributed by atoms with E-state index in [4.69, 9.17) is 4.74 Å². The first kappa shape index (κ1) is 11.0. The van der Waals surface area contributed by atoms with E-state index in [1.807, 2.05) is 20.8 Å². The van der Waals surface area contributed by atoms with Crippen LogP contribution in [0.3, 0.4) is 0 Å². The Hall–Kier alpha value is -1.10. The van der Waals surface area contributed by atoms with Crippen LogP contribution in [0, 0.1) is 0 Å². The van der Waals surface area contributed by atoms with Crippen molar-refractivity contribution in [2.75, 3.05) is 7.11 Å². The third-order valence-electron chi connectivity index (χ3n) is 1.68. The number of carbonyl (C=O) groups is 2. The highest BCUT2D eigenvalue weighted by Crippen LogP contribution is 2.23. The molecule has 14 heavy (non-hydrogen) atoms. The normalized spacial score (nSPS) is 25.4. The lowest BCUT2D eigenvalue weighted by atomic mass is 10.1. The Bertz CT molecular complexity index is 256. The highest BCUT2D eigenvalue weighted by molar-refractivity contribution is 5.92. The quantitative estimate of drug-likeness (QED) is 0.498. The lowest BCUT2D eigenvalue weighted by molar-refractivity contribution is -0.142. The van der Waals surface area contributed by atoms with Crippen LogP contribution < -0.4 is 5.32 Å². The van der Waals surface area contributed by atoms with E-state index in [9.17, 15) is 9.59 Å². The van der Waals surface area contributed by atoms with Crippen molar-refractivity contribution < 1.29 is 19.1 Å². The highest BCUT2D eigenvalue weighted by atomic mass is 16.6. The van der Waals surface area contributed by atoms with Gasteiger partial charge < -0.3 is 14.8 Å². The Morgan fingerprint density at radius 3 is 2.29 bits per heavy atom. The molecule has 0 aromatic carbocycles. The van der Waals surface area contributed by atoms with Crippen molar-refractivity contribution in [3.63, 3.8) is 0 Å². The summed E-state index contributed by atoms with van der Waals surface area (Å²) in [5, 5.41) is 2.72. The third-order valence-corrected chi connectivity index (χ3v) is 1.68. The first-order chi connectivity index (χ1) is 6.35. The van der Waals surface area contributed by atoms with E-state index in [0.717, 1.165) is 0 Å². The number of epoxide rings is 1. The third kappa shape index (κ3) is 2.70. The fourth-order valence-corrected chi connectivity index (χ4v) is 1.05. The SMILES string of the molecule is COC(=O)C1OC1C(=O)NC(C)(C)C. The molecule has 0 aromatic rings. The Kier molecular flexibility index (Phi) is 2.80. The number of rotatable bonds is 2. The molecular weight excluding hydrogens is 186 g/mol. The summed E-state index contributed by atoms with van der Waals surface area (Å²) >= 11 is 0. The molecular formula is C9H15NO4. The number of methoxy groups -OCH3 is 1. The van der Waals surface area contributed by atoms with Crippen LogP contribution in [0.2, 0.25) is 0 Å². The molecule has 1 amide bonds. The summed E-state index contributed by atoms with van der Waals surface area (Å²) in [4.78, 5) is 22.3. The zero-order chi connectivity index (χ0) is 10.9. The molecule has 0 aromatic heterocycles. The second-order valence-corrected chi connectivity index (χ2v) is 4.24. The van der Waals surface area contributed by atoms with Gasteiger partial charge in [-0.2, -0.15) is 0 Å². The number of esters is 1. The maximum Gasteiger partial charge on any atom is 0.338 e. The summed E-state index contributed by atoms with van der Waals surface area (Å²) in [6.07, 6.45) is -1.40. The summed E-state index contributed by atoms with van der Waals surface area (Å²) in [6.45, 7) is 5.58. The number of hydrogen-bond acceptors (Lipinski definition) is 4. The average molecular weight is 201 g/mol. The highest BCUT2D eigenvalue weighted by Gasteiger charge is 2.51. The average Bonchev–Trinajstić information content (AvgIpc) is 2.78. The first-order valence-electron chi connectivity index (χ1n) is 4.40. The topological polar surface area (TPSA) is 67.9 Å². The smallest absolute Gasteiger partial charge is 0.338 e. The Morgan fingerprint density at radius 2 is 1.86 bits per heavy atom. The Labute approximate surface area is 82.8 Å². The minimum atomic E-state index is -0.720. The summed E-state index contributed by atoms with van der Waals surface area (Å²) in [6, 6.07) is 0. The lowest BCUT2D eigenvalue weighted by Crippen LogP contribution is -2.43. The number of nitrogens with one attached hydrogen (secondary N) is 1. The lowest BCUT2D eigenvalue weighted by Gasteiger charge is -2.19. The zero-order valence-electron chi connectivity index (χ0n) is 8.79. The van der Waals surface area contributed by atoms with Gasteiger partial charge in [-0.25, -0.2) is 4.79 Å². The van der Waals surface area contributed by atoms with Gasteiger partial charge in [0, 0.05) is 5.54 Å². The number of carbonyl (C=O) groups excluding carboxylic acids is 2. The van der Waals surface area contributed by atoms with Gasteiger partial charge in [0.15, 0.2) is 12.2 Å². The predicted molar refractivity (Wildman–Crippen MR) is 48.6 cm³/mol. The van der Waals surface area contributed by atoms with Crippen LogP contribution >= 0.6 is 0 Å². The second kappa shape index (κ2) is 3.57. The minimum Gasteiger partial charge on any atom is -0.467 e. The van der Waals surface area contributed by atoms with Gasteiger partial charge in [-0.05, 0) is 20.8 Å². The molecule has 5 nitrogen and oxygen atoms in total. The molecule has 5 heteroatoms. The van der Waals surface area contributed by atoms with Gasteiger partial charge in [-0.3, -0.25) is 4.79 Å². The molecule has 1 fully saturated rings. The summed E-state index contributed by atoms with van der Waals surface area (Å²) in [7, 11) is 1.27. The van der Waals surface area contributed by atoms with E-state index in [2.05, 4.69) is 10.1 Å². The van der Waals surface area contributed by atoms with E-state index in [-0.39, 0.29) is 11.4 Å². The van der Waals surface area contributed by atoms with Crippen molar-refractivity contribution in [2.24, 2.45) is 0 Å². The van der Waals surface area contributed by atoms with Gasteiger partial charge in [0.2, 0.25) is 0 Å². The summed E-state index contributed by atoms with van der Waals surface area (Å²) in [5.41, 5.74) is -0.316. The molecule has 0 aliphatic carbocycles. The van der Waals surface area contributed by atoms with E-state index < -0.39 is 18.2 Å². The molecule has 1 aliphatic rings.